The van der Waals surface area contributed by atoms with E-state index in [1.54, 1.807) is 6.20 Å². The molecule has 0 aromatic carbocycles. The number of hydrogen-bond donors (Lipinski definition) is 2. The molecule has 22 heavy (non-hydrogen) atoms. The monoisotopic (exact) mass is 304 g/mol. The number of nitrogens with zero attached hydrogens (tertiary/aromatic N) is 2. The van der Waals surface area contributed by atoms with Gasteiger partial charge in [-0.1, -0.05) is 13.0 Å². The quantitative estimate of drug-likeness (QED) is 0.841. The van der Waals surface area contributed by atoms with E-state index in [1.807, 2.05) is 31.1 Å². The third-order valence-electron chi connectivity index (χ3n) is 4.41. The molecule has 2 rings (SSSR count). The molecule has 1 aliphatic rings. The Morgan fingerprint density at radius 2 is 2.36 bits per heavy atom. The first-order valence-electron chi connectivity index (χ1n) is 8.16. The third kappa shape index (κ3) is 4.70. The summed E-state index contributed by atoms with van der Waals surface area (Å²) in [5, 5.41) is 6.46. The summed E-state index contributed by atoms with van der Waals surface area (Å²) in [7, 11) is 3.93. The van der Waals surface area contributed by atoms with Crippen molar-refractivity contribution in [2.75, 3.05) is 32.1 Å². The number of hydrogen-bond acceptors (Lipinski definition) is 4. The lowest BCUT2D eigenvalue weighted by atomic mass is 9.85. The number of rotatable bonds is 6. The van der Waals surface area contributed by atoms with E-state index in [9.17, 15) is 4.79 Å². The van der Waals surface area contributed by atoms with Crippen LogP contribution < -0.4 is 15.5 Å². The highest BCUT2D eigenvalue weighted by Crippen LogP contribution is 2.22. The Labute approximate surface area is 133 Å². The Hall–Kier alpha value is -1.62. The van der Waals surface area contributed by atoms with E-state index in [2.05, 4.69) is 22.5 Å². The molecule has 1 aromatic rings. The smallest absolute Gasteiger partial charge is 0.220 e. The molecule has 5 heteroatoms. The van der Waals surface area contributed by atoms with Crippen LogP contribution in [0.2, 0.25) is 0 Å². The summed E-state index contributed by atoms with van der Waals surface area (Å²) in [4.78, 5) is 18.5. The van der Waals surface area contributed by atoms with Crippen LogP contribution in [0.25, 0.3) is 0 Å². The van der Waals surface area contributed by atoms with E-state index in [0.717, 1.165) is 24.5 Å². The van der Waals surface area contributed by atoms with E-state index in [4.69, 9.17) is 0 Å². The Bertz CT molecular complexity index is 483. The highest BCUT2D eigenvalue weighted by Gasteiger charge is 2.22. The van der Waals surface area contributed by atoms with Gasteiger partial charge in [0.25, 0.3) is 0 Å². The van der Waals surface area contributed by atoms with Crippen LogP contribution in [0, 0.1) is 11.8 Å². The Morgan fingerprint density at radius 3 is 3.05 bits per heavy atom. The number of amides is 1. The fourth-order valence-electron chi connectivity index (χ4n) is 3.06. The highest BCUT2D eigenvalue weighted by atomic mass is 16.1. The number of pyridine rings is 1. The van der Waals surface area contributed by atoms with Crippen LogP contribution in [0.1, 0.15) is 31.7 Å². The lowest BCUT2D eigenvalue weighted by Gasteiger charge is -2.28. The van der Waals surface area contributed by atoms with Crippen LogP contribution in [-0.4, -0.2) is 38.1 Å². The van der Waals surface area contributed by atoms with E-state index in [-0.39, 0.29) is 5.91 Å². The summed E-state index contributed by atoms with van der Waals surface area (Å²) in [6, 6.07) is 3.92. The maximum Gasteiger partial charge on any atom is 0.220 e. The average Bonchev–Trinajstić information content (AvgIpc) is 2.54. The molecule has 2 N–H and O–H groups in total. The zero-order chi connectivity index (χ0) is 15.9. The van der Waals surface area contributed by atoms with Gasteiger partial charge in [-0.25, -0.2) is 4.98 Å². The van der Waals surface area contributed by atoms with Gasteiger partial charge in [-0.2, -0.15) is 0 Å². The number of carbonyl (C=O) groups excluding carboxylic acids is 1. The highest BCUT2D eigenvalue weighted by molar-refractivity contribution is 5.76. The minimum Gasteiger partial charge on any atom is -0.362 e. The summed E-state index contributed by atoms with van der Waals surface area (Å²) < 4.78 is 0. The zero-order valence-corrected chi connectivity index (χ0v) is 13.9. The van der Waals surface area contributed by atoms with E-state index in [1.165, 1.54) is 12.8 Å². The first kappa shape index (κ1) is 16.7. The molecule has 2 unspecified atom stereocenters. The summed E-state index contributed by atoms with van der Waals surface area (Å²) in [6.45, 7) is 4.88. The molecular formula is C17H28N4O. The molecule has 5 nitrogen and oxygen atoms in total. The van der Waals surface area contributed by atoms with E-state index < -0.39 is 0 Å². The minimum absolute atomic E-state index is 0.131. The maximum absolute atomic E-state index is 12.2. The first-order valence-corrected chi connectivity index (χ1v) is 8.16. The van der Waals surface area contributed by atoms with Gasteiger partial charge in [0.05, 0.1) is 0 Å². The van der Waals surface area contributed by atoms with Crippen LogP contribution in [0.4, 0.5) is 5.82 Å². The lowest BCUT2D eigenvalue weighted by molar-refractivity contribution is -0.122. The molecule has 0 radical (unpaired) electrons. The number of aromatic nitrogens is 1. The van der Waals surface area contributed by atoms with Gasteiger partial charge in [0.2, 0.25) is 5.91 Å². The Morgan fingerprint density at radius 1 is 1.55 bits per heavy atom. The maximum atomic E-state index is 12.2. The van der Waals surface area contributed by atoms with Crippen LogP contribution in [0.3, 0.4) is 0 Å². The van der Waals surface area contributed by atoms with Crippen molar-refractivity contribution in [2.24, 2.45) is 11.8 Å². The molecule has 1 aromatic heterocycles. The van der Waals surface area contributed by atoms with Crippen molar-refractivity contribution in [2.45, 2.75) is 32.7 Å². The third-order valence-corrected chi connectivity index (χ3v) is 4.41. The zero-order valence-electron chi connectivity index (χ0n) is 13.9. The predicted octanol–water partition coefficient (Wildman–Crippen LogP) is 1.79. The normalized spacial score (nSPS) is 19.5. The predicted molar refractivity (Wildman–Crippen MR) is 89.8 cm³/mol. The first-order chi connectivity index (χ1) is 10.6. The van der Waals surface area contributed by atoms with Crippen LogP contribution in [-0.2, 0) is 11.3 Å². The summed E-state index contributed by atoms with van der Waals surface area (Å²) >= 11 is 0. The van der Waals surface area contributed by atoms with Gasteiger partial charge < -0.3 is 15.5 Å². The van der Waals surface area contributed by atoms with Crippen molar-refractivity contribution in [3.05, 3.63) is 23.9 Å². The molecule has 122 valence electrons. The topological polar surface area (TPSA) is 57.3 Å². The van der Waals surface area contributed by atoms with Crippen molar-refractivity contribution in [3.8, 4) is 0 Å². The van der Waals surface area contributed by atoms with Crippen molar-refractivity contribution >= 4 is 11.7 Å². The van der Waals surface area contributed by atoms with Gasteiger partial charge in [-0.3, -0.25) is 4.79 Å². The number of piperidine rings is 1. The number of nitrogens with one attached hydrogen (secondary N) is 2. The van der Waals surface area contributed by atoms with Crippen LogP contribution >= 0.6 is 0 Å². The molecule has 1 saturated heterocycles. The van der Waals surface area contributed by atoms with Crippen molar-refractivity contribution < 1.29 is 4.79 Å². The lowest BCUT2D eigenvalue weighted by Crippen LogP contribution is -2.35. The molecule has 0 spiro atoms. The SMILES string of the molecule is CC(CC(=O)NCc1cccnc1N(C)C)C1CCCNC1. The second kappa shape index (κ2) is 8.13. The minimum atomic E-state index is 0.131. The molecular weight excluding hydrogens is 276 g/mol. The summed E-state index contributed by atoms with van der Waals surface area (Å²) in [6.07, 6.45) is 4.83. The van der Waals surface area contributed by atoms with Crippen LogP contribution in [0.5, 0.6) is 0 Å². The summed E-state index contributed by atoms with van der Waals surface area (Å²) in [5.74, 6) is 2.09. The molecule has 0 saturated carbocycles. The largest absolute Gasteiger partial charge is 0.362 e. The van der Waals surface area contributed by atoms with Gasteiger partial charge in [-0.15, -0.1) is 0 Å². The molecule has 1 aliphatic heterocycles. The molecule has 2 heterocycles. The Kier molecular flexibility index (Phi) is 6.19. The summed E-state index contributed by atoms with van der Waals surface area (Å²) in [5.41, 5.74) is 1.05. The molecule has 0 bridgehead atoms. The number of carbonyl (C=O) groups is 1. The van der Waals surface area contributed by atoms with Crippen molar-refractivity contribution in [1.82, 2.24) is 15.6 Å². The second-order valence-electron chi connectivity index (χ2n) is 6.45. The van der Waals surface area contributed by atoms with Crippen molar-refractivity contribution in [3.63, 3.8) is 0 Å². The molecule has 0 aliphatic carbocycles. The van der Waals surface area contributed by atoms with Crippen molar-refractivity contribution in [1.29, 1.82) is 0 Å². The average molecular weight is 304 g/mol. The van der Waals surface area contributed by atoms with Gasteiger partial charge >= 0.3 is 0 Å². The fourth-order valence-corrected chi connectivity index (χ4v) is 3.06. The fraction of sp³-hybridized carbons (Fsp3) is 0.647. The van der Waals surface area contributed by atoms with E-state index >= 15 is 0 Å². The standard InChI is InChI=1S/C17H28N4O/c1-13(14-6-4-8-18-11-14)10-16(22)20-12-15-7-5-9-19-17(15)21(2)3/h5,7,9,13-14,18H,4,6,8,10-12H2,1-3H3,(H,20,22). The van der Waals surface area contributed by atoms with Gasteiger partial charge in [0.1, 0.15) is 5.82 Å². The molecule has 1 fully saturated rings. The van der Waals surface area contributed by atoms with E-state index in [0.29, 0.717) is 24.8 Å². The van der Waals surface area contributed by atoms with Gasteiger partial charge in [0.15, 0.2) is 0 Å². The van der Waals surface area contributed by atoms with Crippen LogP contribution in [0.15, 0.2) is 18.3 Å². The van der Waals surface area contributed by atoms with Gasteiger partial charge in [-0.05, 0) is 43.8 Å². The Balaban J connectivity index is 1.82. The molecule has 1 amide bonds. The number of anilines is 1. The molecule has 2 atom stereocenters. The second-order valence-corrected chi connectivity index (χ2v) is 6.45. The van der Waals surface area contributed by atoms with Gasteiger partial charge in [0, 0.05) is 38.8 Å².